The Morgan fingerprint density at radius 2 is 1.58 bits per heavy atom. The molecule has 0 saturated heterocycles. The molecule has 0 aromatic rings. The summed E-state index contributed by atoms with van der Waals surface area (Å²) in [7, 11) is 0. The van der Waals surface area contributed by atoms with E-state index in [4.69, 9.17) is 5.73 Å². The van der Waals surface area contributed by atoms with Gasteiger partial charge in [0, 0.05) is 24.1 Å². The molecule has 0 saturated carbocycles. The lowest BCUT2D eigenvalue weighted by atomic mass is 9.84. The number of carbonyl (C=O) groups is 6. The van der Waals surface area contributed by atoms with Crippen molar-refractivity contribution in [2.24, 2.45) is 17.1 Å². The van der Waals surface area contributed by atoms with E-state index < -0.39 is 53.7 Å². The number of imide groups is 1. The summed E-state index contributed by atoms with van der Waals surface area (Å²) in [5.41, 5.74) is 4.33. The van der Waals surface area contributed by atoms with Crippen LogP contribution in [-0.2, 0) is 24.0 Å². The van der Waals surface area contributed by atoms with Crippen LogP contribution < -0.4 is 21.7 Å². The normalized spacial score (nSPS) is 15.4. The van der Waals surface area contributed by atoms with Crippen LogP contribution in [0.5, 0.6) is 0 Å². The van der Waals surface area contributed by atoms with Gasteiger partial charge < -0.3 is 21.7 Å². The fourth-order valence-corrected chi connectivity index (χ4v) is 3.22. The van der Waals surface area contributed by atoms with Gasteiger partial charge in [-0.25, -0.2) is 4.79 Å². The van der Waals surface area contributed by atoms with Crippen LogP contribution in [0.4, 0.5) is 4.79 Å². The van der Waals surface area contributed by atoms with Crippen molar-refractivity contribution in [3.8, 4) is 0 Å². The summed E-state index contributed by atoms with van der Waals surface area (Å²) in [6, 6.07) is -2.38. The molecule has 33 heavy (non-hydrogen) atoms. The summed E-state index contributed by atoms with van der Waals surface area (Å²) in [4.78, 5) is 73.2. The Hall–Kier alpha value is -3.24. The number of urea groups is 1. The van der Waals surface area contributed by atoms with Crippen molar-refractivity contribution in [1.82, 2.24) is 20.9 Å². The van der Waals surface area contributed by atoms with Crippen molar-refractivity contribution in [2.45, 2.75) is 66.0 Å². The molecule has 1 aliphatic rings. The molecule has 0 unspecified atom stereocenters. The highest BCUT2D eigenvalue weighted by Gasteiger charge is 2.34. The number of hydrogen-bond donors (Lipinski definition) is 4. The number of hydrogen-bond acceptors (Lipinski definition) is 6. The zero-order chi connectivity index (χ0) is 25.3. The molecule has 0 aromatic carbocycles. The smallest absolute Gasteiger partial charge is 0.312 e. The largest absolute Gasteiger partial charge is 0.352 e. The quantitative estimate of drug-likeness (QED) is 0.233. The van der Waals surface area contributed by atoms with E-state index >= 15 is 0 Å². The second-order valence-electron chi connectivity index (χ2n) is 9.35. The third kappa shape index (κ3) is 9.03. The molecule has 0 bridgehead atoms. The Morgan fingerprint density at radius 3 is 2.06 bits per heavy atom. The van der Waals surface area contributed by atoms with Gasteiger partial charge in [0.25, 0.3) is 11.8 Å². The van der Waals surface area contributed by atoms with Crippen LogP contribution in [-0.4, -0.2) is 65.5 Å². The molecule has 5 N–H and O–H groups in total. The minimum atomic E-state index is -0.968. The van der Waals surface area contributed by atoms with Gasteiger partial charge in [-0.3, -0.25) is 28.9 Å². The average Bonchev–Trinajstić information content (AvgIpc) is 3.01. The molecule has 1 rings (SSSR count). The number of amides is 6. The van der Waals surface area contributed by atoms with Crippen LogP contribution in [0, 0.1) is 11.3 Å². The van der Waals surface area contributed by atoms with E-state index in [0.29, 0.717) is 25.8 Å². The monoisotopic (exact) mass is 465 g/mol. The summed E-state index contributed by atoms with van der Waals surface area (Å²) < 4.78 is 0. The minimum Gasteiger partial charge on any atom is -0.352 e. The first-order valence-electron chi connectivity index (χ1n) is 10.9. The van der Waals surface area contributed by atoms with Gasteiger partial charge in [0.2, 0.25) is 11.8 Å². The molecular formula is C22H35N5O6. The summed E-state index contributed by atoms with van der Waals surface area (Å²) in [5.74, 6) is -2.86. The average molecular weight is 466 g/mol. The first-order chi connectivity index (χ1) is 15.2. The molecule has 6 amide bonds. The zero-order valence-electron chi connectivity index (χ0n) is 19.9. The zero-order valence-corrected chi connectivity index (χ0v) is 19.9. The van der Waals surface area contributed by atoms with Crippen LogP contribution in [0.2, 0.25) is 0 Å². The summed E-state index contributed by atoms with van der Waals surface area (Å²) in [6.45, 7) is 8.57. The fourth-order valence-electron chi connectivity index (χ4n) is 3.22. The van der Waals surface area contributed by atoms with Gasteiger partial charge in [-0.15, -0.1) is 0 Å². The fraction of sp³-hybridized carbons (Fsp3) is 0.636. The lowest BCUT2D eigenvalue weighted by Gasteiger charge is -2.29. The number of unbranched alkanes of at least 4 members (excludes halogenated alkanes) is 1. The van der Waals surface area contributed by atoms with Gasteiger partial charge in [0.1, 0.15) is 12.6 Å². The highest BCUT2D eigenvalue weighted by molar-refractivity contribution is 6.14. The third-order valence-corrected chi connectivity index (χ3v) is 5.06. The van der Waals surface area contributed by atoms with Crippen molar-refractivity contribution in [2.75, 3.05) is 13.1 Å². The molecule has 1 aliphatic heterocycles. The van der Waals surface area contributed by atoms with E-state index in [1.807, 2.05) is 0 Å². The van der Waals surface area contributed by atoms with E-state index in [0.717, 1.165) is 17.1 Å². The van der Waals surface area contributed by atoms with E-state index in [9.17, 15) is 28.8 Å². The molecule has 1 heterocycles. The molecule has 0 aromatic heterocycles. The number of rotatable bonds is 12. The molecule has 0 radical (unpaired) electrons. The van der Waals surface area contributed by atoms with Gasteiger partial charge in [-0.1, -0.05) is 34.6 Å². The molecule has 0 spiro atoms. The predicted octanol–water partition coefficient (Wildman–Crippen LogP) is -0.00920. The number of nitrogens with two attached hydrogens (primary N) is 1. The summed E-state index contributed by atoms with van der Waals surface area (Å²) in [5, 5.41) is 7.78. The summed E-state index contributed by atoms with van der Waals surface area (Å²) >= 11 is 0. The Kier molecular flexibility index (Phi) is 10.2. The van der Waals surface area contributed by atoms with E-state index in [1.54, 1.807) is 34.6 Å². The van der Waals surface area contributed by atoms with Gasteiger partial charge in [-0.2, -0.15) is 0 Å². The van der Waals surface area contributed by atoms with Crippen LogP contribution in [0.25, 0.3) is 0 Å². The second-order valence-corrected chi connectivity index (χ2v) is 9.35. The minimum absolute atomic E-state index is 0.160. The van der Waals surface area contributed by atoms with E-state index in [1.165, 1.54) is 0 Å². The Labute approximate surface area is 193 Å². The van der Waals surface area contributed by atoms with Crippen molar-refractivity contribution in [3.05, 3.63) is 12.2 Å². The molecule has 2 atom stereocenters. The van der Waals surface area contributed by atoms with Gasteiger partial charge in [-0.05, 0) is 25.2 Å². The molecule has 11 heteroatoms. The lowest BCUT2D eigenvalue weighted by molar-refractivity contribution is -0.141. The number of nitrogens with zero attached hydrogens (tertiary/aromatic N) is 1. The van der Waals surface area contributed by atoms with Gasteiger partial charge in [0.05, 0.1) is 6.04 Å². The predicted molar refractivity (Wildman–Crippen MR) is 120 cm³/mol. The SMILES string of the molecule is CC(C)[C@@H](NC(=O)CN1C(=O)C=CC1=O)C(=O)N[C@H](CCCCNC(N)=O)C(=O)C(C)(C)C. The van der Waals surface area contributed by atoms with Crippen molar-refractivity contribution < 1.29 is 28.8 Å². The molecule has 184 valence electrons. The highest BCUT2D eigenvalue weighted by Crippen LogP contribution is 2.20. The third-order valence-electron chi connectivity index (χ3n) is 5.06. The number of Topliss-reactive ketones (excluding diaryl/α,β-unsaturated/α-hetero) is 1. The van der Waals surface area contributed by atoms with Crippen molar-refractivity contribution in [1.29, 1.82) is 0 Å². The first kappa shape index (κ1) is 27.8. The van der Waals surface area contributed by atoms with Crippen LogP contribution >= 0.6 is 0 Å². The van der Waals surface area contributed by atoms with Gasteiger partial charge >= 0.3 is 6.03 Å². The topological polar surface area (TPSA) is 168 Å². The maximum atomic E-state index is 13.0. The standard InChI is InChI=1S/C22H35N5O6/c1-13(2)18(26-15(28)12-27-16(29)9-10-17(27)30)20(32)25-14(19(31)22(3,4)5)8-6-7-11-24-21(23)33/h9-10,13-14,18H,6-8,11-12H2,1-5H3,(H,25,32)(H,26,28)(H3,23,24,33)/t14-,18-/m1/s1. The molecule has 11 nitrogen and oxygen atoms in total. The van der Waals surface area contributed by atoms with Crippen LogP contribution in [0.15, 0.2) is 12.2 Å². The molecule has 0 aliphatic carbocycles. The molecule has 0 fully saturated rings. The highest BCUT2D eigenvalue weighted by atomic mass is 16.2. The summed E-state index contributed by atoms with van der Waals surface area (Å²) in [6.07, 6.45) is 3.62. The Bertz CT molecular complexity index is 797. The Balaban J connectivity index is 2.81. The van der Waals surface area contributed by atoms with Crippen molar-refractivity contribution >= 4 is 35.4 Å². The first-order valence-corrected chi connectivity index (χ1v) is 10.9. The van der Waals surface area contributed by atoms with Gasteiger partial charge in [0.15, 0.2) is 5.78 Å². The number of ketones is 1. The van der Waals surface area contributed by atoms with Crippen molar-refractivity contribution in [3.63, 3.8) is 0 Å². The molecular weight excluding hydrogens is 430 g/mol. The number of primary amides is 1. The number of carbonyl (C=O) groups excluding carboxylic acids is 6. The maximum absolute atomic E-state index is 13.0. The second kappa shape index (κ2) is 12.1. The maximum Gasteiger partial charge on any atom is 0.312 e. The van der Waals surface area contributed by atoms with E-state index in [-0.39, 0.29) is 11.7 Å². The van der Waals surface area contributed by atoms with Crippen LogP contribution in [0.3, 0.4) is 0 Å². The van der Waals surface area contributed by atoms with E-state index in [2.05, 4.69) is 16.0 Å². The Morgan fingerprint density at radius 1 is 1.00 bits per heavy atom. The van der Waals surface area contributed by atoms with Crippen LogP contribution in [0.1, 0.15) is 53.9 Å². The lowest BCUT2D eigenvalue weighted by Crippen LogP contribution is -2.56. The number of nitrogens with one attached hydrogen (secondary N) is 3.